The fourth-order valence-electron chi connectivity index (χ4n) is 5.39. The number of urea groups is 1. The monoisotopic (exact) mass is 517 g/mol. The number of aryl methyl sites for hydroxylation is 2. The van der Waals surface area contributed by atoms with Crippen LogP contribution in [0.25, 0.3) is 5.00 Å². The van der Waals surface area contributed by atoms with Gasteiger partial charge in [-0.1, -0.05) is 29.8 Å². The Hall–Kier alpha value is -3.22. The van der Waals surface area contributed by atoms with Crippen molar-refractivity contribution in [1.29, 1.82) is 0 Å². The molecule has 1 atom stereocenters. The van der Waals surface area contributed by atoms with Crippen LogP contribution in [0.2, 0.25) is 5.02 Å². The summed E-state index contributed by atoms with van der Waals surface area (Å²) in [5.41, 5.74) is 6.50. The van der Waals surface area contributed by atoms with Gasteiger partial charge >= 0.3 is 6.03 Å². The highest BCUT2D eigenvalue weighted by molar-refractivity contribution is 7.15. The Kier molecular flexibility index (Phi) is 6.02. The predicted octanol–water partition coefficient (Wildman–Crippen LogP) is 7.53. The maximum absolute atomic E-state index is 14.0. The van der Waals surface area contributed by atoms with Gasteiger partial charge in [0.25, 0.3) is 0 Å². The van der Waals surface area contributed by atoms with Crippen LogP contribution in [0, 0.1) is 6.92 Å². The molecule has 2 aromatic carbocycles. The van der Waals surface area contributed by atoms with Crippen LogP contribution in [0.1, 0.15) is 51.7 Å². The quantitative estimate of drug-likeness (QED) is 0.305. The summed E-state index contributed by atoms with van der Waals surface area (Å²) in [6, 6.07) is 17.5. The Morgan fingerprint density at radius 3 is 2.67 bits per heavy atom. The number of carbonyl (C=O) groups is 1. The molecule has 0 fully saturated rings. The number of thiophene rings is 1. The lowest BCUT2D eigenvalue weighted by molar-refractivity contribution is 0.194. The Balaban J connectivity index is 1.48. The molecule has 1 unspecified atom stereocenters. The fourth-order valence-corrected chi connectivity index (χ4v) is 6.97. The zero-order valence-corrected chi connectivity index (χ0v) is 22.0. The molecule has 36 heavy (non-hydrogen) atoms. The molecule has 1 aliphatic carbocycles. The molecule has 0 radical (unpaired) electrons. The molecule has 1 aliphatic heterocycles. The number of methoxy groups -OCH3 is 1. The molecule has 1 N–H and O–H groups in total. The number of fused-ring (bicyclic) bond motifs is 5. The first kappa shape index (κ1) is 23.2. The van der Waals surface area contributed by atoms with Gasteiger partial charge in [0, 0.05) is 27.3 Å². The van der Waals surface area contributed by atoms with Crippen LogP contribution in [0.3, 0.4) is 0 Å². The molecule has 3 heterocycles. The first-order valence-electron chi connectivity index (χ1n) is 12.3. The first-order valence-corrected chi connectivity index (χ1v) is 13.5. The van der Waals surface area contributed by atoms with Crippen molar-refractivity contribution in [3.63, 3.8) is 0 Å². The fraction of sp³-hybridized carbons (Fsp3) is 0.276. The Morgan fingerprint density at radius 2 is 1.89 bits per heavy atom. The standard InChI is InChI=1S/C29H28ClN3O2S/c1-18-9-12-20(16-24(18)30)31-29(34)33-17-23-22-6-3-4-8-26(22)36-28(23)32-15-5-7-25(32)27(33)19-10-13-21(35-2)14-11-19/h5,7,9-16,27H,3-4,6,8,17H2,1-2H3,(H,31,34). The van der Waals surface area contributed by atoms with Crippen molar-refractivity contribution in [2.45, 2.75) is 45.2 Å². The highest BCUT2D eigenvalue weighted by atomic mass is 35.5. The van der Waals surface area contributed by atoms with Gasteiger partial charge in [0.2, 0.25) is 0 Å². The van der Waals surface area contributed by atoms with Crippen molar-refractivity contribution in [2.24, 2.45) is 0 Å². The second-order valence-electron chi connectivity index (χ2n) is 9.50. The average molecular weight is 518 g/mol. The van der Waals surface area contributed by atoms with Crippen LogP contribution in [-0.4, -0.2) is 22.6 Å². The normalized spacial score (nSPS) is 16.5. The topological polar surface area (TPSA) is 46.5 Å². The molecular weight excluding hydrogens is 490 g/mol. The van der Waals surface area contributed by atoms with Crippen molar-refractivity contribution >= 4 is 34.7 Å². The van der Waals surface area contributed by atoms with Crippen LogP contribution in [0.4, 0.5) is 10.5 Å². The van der Waals surface area contributed by atoms with E-state index in [2.05, 4.69) is 40.3 Å². The largest absolute Gasteiger partial charge is 0.497 e. The third-order valence-electron chi connectivity index (χ3n) is 7.29. The summed E-state index contributed by atoms with van der Waals surface area (Å²) in [5.74, 6) is 0.793. The molecule has 4 aromatic rings. The van der Waals surface area contributed by atoms with Gasteiger partial charge in [-0.05, 0) is 85.7 Å². The zero-order chi connectivity index (χ0) is 24.8. The highest BCUT2D eigenvalue weighted by Gasteiger charge is 2.36. The maximum atomic E-state index is 14.0. The minimum absolute atomic E-state index is 0.146. The van der Waals surface area contributed by atoms with Gasteiger partial charge in [-0.2, -0.15) is 0 Å². The van der Waals surface area contributed by atoms with E-state index in [1.165, 1.54) is 33.8 Å². The lowest BCUT2D eigenvalue weighted by Gasteiger charge is -2.31. The van der Waals surface area contributed by atoms with Gasteiger partial charge in [-0.3, -0.25) is 0 Å². The summed E-state index contributed by atoms with van der Waals surface area (Å²) in [6.45, 7) is 2.50. The predicted molar refractivity (Wildman–Crippen MR) is 146 cm³/mol. The van der Waals surface area contributed by atoms with E-state index >= 15 is 0 Å². The number of hydrogen-bond acceptors (Lipinski definition) is 3. The number of nitrogens with one attached hydrogen (secondary N) is 1. The maximum Gasteiger partial charge on any atom is 0.322 e. The third kappa shape index (κ3) is 3.98. The van der Waals surface area contributed by atoms with Crippen molar-refractivity contribution in [3.05, 3.63) is 98.6 Å². The molecule has 5 nitrogen and oxygen atoms in total. The van der Waals surface area contributed by atoms with Crippen molar-refractivity contribution in [3.8, 4) is 10.8 Å². The molecule has 0 saturated carbocycles. The molecule has 0 bridgehead atoms. The Morgan fingerprint density at radius 1 is 1.08 bits per heavy atom. The average Bonchev–Trinajstić information content (AvgIpc) is 3.48. The van der Waals surface area contributed by atoms with E-state index in [1.54, 1.807) is 7.11 Å². The summed E-state index contributed by atoms with van der Waals surface area (Å²) >= 11 is 8.26. The minimum Gasteiger partial charge on any atom is -0.497 e. The number of carbonyl (C=O) groups excluding carboxylic acids is 1. The van der Waals surface area contributed by atoms with Crippen molar-refractivity contribution < 1.29 is 9.53 Å². The molecule has 2 aromatic heterocycles. The summed E-state index contributed by atoms with van der Waals surface area (Å²) in [5, 5.41) is 5.01. The number of amides is 2. The van der Waals surface area contributed by atoms with E-state index in [9.17, 15) is 4.79 Å². The molecule has 0 spiro atoms. The molecule has 6 rings (SSSR count). The Labute approximate surface area is 220 Å². The van der Waals surface area contributed by atoms with E-state index in [1.807, 2.05) is 53.5 Å². The van der Waals surface area contributed by atoms with E-state index in [-0.39, 0.29) is 12.1 Å². The number of rotatable bonds is 3. The number of halogens is 1. The number of ether oxygens (including phenoxy) is 1. The summed E-state index contributed by atoms with van der Waals surface area (Å²) in [7, 11) is 1.67. The lowest BCUT2D eigenvalue weighted by Crippen LogP contribution is -2.38. The van der Waals surface area contributed by atoms with Gasteiger partial charge in [-0.25, -0.2) is 4.79 Å². The van der Waals surface area contributed by atoms with Gasteiger partial charge in [0.1, 0.15) is 10.8 Å². The SMILES string of the molecule is COc1ccc(C2c3cccn3-c3sc4c(c3CN2C(=O)Nc2ccc(C)c(Cl)c2)CCCC4)cc1. The minimum atomic E-state index is -0.259. The highest BCUT2D eigenvalue weighted by Crippen LogP contribution is 2.44. The molecule has 2 amide bonds. The van der Waals surface area contributed by atoms with Crippen LogP contribution < -0.4 is 10.1 Å². The number of benzene rings is 2. The summed E-state index contributed by atoms with van der Waals surface area (Å²) < 4.78 is 7.70. The zero-order valence-electron chi connectivity index (χ0n) is 20.4. The van der Waals surface area contributed by atoms with Crippen LogP contribution >= 0.6 is 22.9 Å². The smallest absolute Gasteiger partial charge is 0.322 e. The van der Waals surface area contributed by atoms with Crippen LogP contribution in [0.5, 0.6) is 5.75 Å². The second-order valence-corrected chi connectivity index (χ2v) is 11.0. The number of nitrogens with zero attached hydrogens (tertiary/aromatic N) is 2. The molecule has 184 valence electrons. The van der Waals surface area contributed by atoms with Crippen molar-refractivity contribution in [2.75, 3.05) is 12.4 Å². The number of hydrogen-bond donors (Lipinski definition) is 1. The van der Waals surface area contributed by atoms with Gasteiger partial charge in [0.15, 0.2) is 0 Å². The molecule has 2 aliphatic rings. The van der Waals surface area contributed by atoms with Crippen LogP contribution in [-0.2, 0) is 19.4 Å². The molecular formula is C29H28ClN3O2S. The van der Waals surface area contributed by atoms with E-state index in [0.29, 0.717) is 17.3 Å². The molecule has 7 heteroatoms. The van der Waals surface area contributed by atoms with E-state index in [4.69, 9.17) is 16.3 Å². The number of anilines is 1. The summed E-state index contributed by atoms with van der Waals surface area (Å²) in [6.07, 6.45) is 6.77. The van der Waals surface area contributed by atoms with Crippen LogP contribution in [0.15, 0.2) is 60.8 Å². The third-order valence-corrected chi connectivity index (χ3v) is 9.03. The van der Waals surface area contributed by atoms with Crippen molar-refractivity contribution in [1.82, 2.24) is 9.47 Å². The van der Waals surface area contributed by atoms with Gasteiger partial charge in [-0.15, -0.1) is 11.3 Å². The Bertz CT molecular complexity index is 1440. The summed E-state index contributed by atoms with van der Waals surface area (Å²) in [4.78, 5) is 17.4. The number of aromatic nitrogens is 1. The van der Waals surface area contributed by atoms with E-state index in [0.717, 1.165) is 35.4 Å². The molecule has 0 saturated heterocycles. The van der Waals surface area contributed by atoms with Gasteiger partial charge in [0.05, 0.1) is 25.4 Å². The second kappa shape index (κ2) is 9.34. The first-order chi connectivity index (χ1) is 17.5. The van der Waals surface area contributed by atoms with Gasteiger partial charge < -0.3 is 19.5 Å². The van der Waals surface area contributed by atoms with E-state index < -0.39 is 0 Å². The lowest BCUT2D eigenvalue weighted by atomic mass is 9.95.